The zero-order chi connectivity index (χ0) is 8.08. The van der Waals surface area contributed by atoms with Gasteiger partial charge in [0.25, 0.3) is 0 Å². The molecule has 0 aliphatic rings. The largest absolute Gasteiger partial charge is 1.00 e. The predicted octanol–water partition coefficient (Wildman–Crippen LogP) is -0.598. The molecule has 2 heteroatoms. The van der Waals surface area contributed by atoms with E-state index in [2.05, 4.69) is 20.8 Å². The van der Waals surface area contributed by atoms with Crippen molar-refractivity contribution in [1.29, 1.82) is 0 Å². The molecule has 0 aromatic rings. The van der Waals surface area contributed by atoms with Crippen LogP contribution in [0.4, 0.5) is 0 Å². The fraction of sp³-hybridized carbons (Fsp3) is 0.875. The molecule has 1 nitrogen and oxygen atoms in total. The Morgan fingerprint density at radius 3 is 1.00 bits per heavy atom. The van der Waals surface area contributed by atoms with Crippen LogP contribution >= 0.6 is 0 Å². The third-order valence-electron chi connectivity index (χ3n) is 0. The van der Waals surface area contributed by atoms with Crippen molar-refractivity contribution in [2.45, 2.75) is 47.1 Å². The van der Waals surface area contributed by atoms with Crippen LogP contribution in [-0.4, -0.2) is 10.7 Å². The molecular formula is C8H19KO. The Morgan fingerprint density at radius 2 is 1.00 bits per heavy atom. The predicted molar refractivity (Wildman–Crippen MR) is 42.2 cm³/mol. The molecule has 0 aliphatic carbocycles. The minimum Gasteiger partial charge on any atom is -0.391 e. The molecule has 0 amide bonds. The van der Waals surface area contributed by atoms with E-state index >= 15 is 0 Å². The maximum atomic E-state index is 8.52. The summed E-state index contributed by atoms with van der Waals surface area (Å²) in [7, 11) is 0. The van der Waals surface area contributed by atoms with Gasteiger partial charge in [-0.25, -0.2) is 0 Å². The van der Waals surface area contributed by atoms with Crippen molar-refractivity contribution in [1.82, 2.24) is 0 Å². The third-order valence-corrected chi connectivity index (χ3v) is 0. The van der Waals surface area contributed by atoms with Gasteiger partial charge in [-0.2, -0.15) is 20.8 Å². The normalized spacial score (nSPS) is 9.60. The molecule has 0 radical (unpaired) electrons. The van der Waals surface area contributed by atoms with Crippen LogP contribution in [0, 0.1) is 5.92 Å². The van der Waals surface area contributed by atoms with Crippen LogP contribution in [0.1, 0.15) is 41.5 Å². The van der Waals surface area contributed by atoms with Gasteiger partial charge >= 0.3 is 51.4 Å². The van der Waals surface area contributed by atoms with Crippen molar-refractivity contribution >= 4 is 0 Å². The Hall–Kier alpha value is 1.60. The molecule has 0 saturated heterocycles. The first-order chi connectivity index (χ1) is 3.73. The molecule has 0 bridgehead atoms. The average Bonchev–Trinajstić information content (AvgIpc) is 1.19. The van der Waals surface area contributed by atoms with Gasteiger partial charge in [-0.1, -0.05) is 0 Å². The smallest absolute Gasteiger partial charge is 0.391 e. The molecule has 0 heterocycles. The van der Waals surface area contributed by atoms with E-state index in [9.17, 15) is 0 Å². The standard InChI is InChI=1S/C4H10O.C4H9.K/c1-4(2,3)5;1-4(2)3;/h5H,1-3H3;1-3H3;/q;-1;+1. The second-order valence-electron chi connectivity index (χ2n) is 3.67. The number of rotatable bonds is 0. The van der Waals surface area contributed by atoms with Crippen molar-refractivity contribution in [3.63, 3.8) is 0 Å². The summed E-state index contributed by atoms with van der Waals surface area (Å²) in [5.41, 5.74) is -0.500. The molecule has 1 N–H and O–H groups in total. The third kappa shape index (κ3) is 278. The van der Waals surface area contributed by atoms with E-state index in [1.165, 1.54) is 5.92 Å². The van der Waals surface area contributed by atoms with Gasteiger partial charge in [0.1, 0.15) is 0 Å². The first kappa shape index (κ1) is 17.6. The van der Waals surface area contributed by atoms with Crippen molar-refractivity contribution in [2.75, 3.05) is 0 Å². The van der Waals surface area contributed by atoms with Crippen LogP contribution in [0.25, 0.3) is 0 Å². The van der Waals surface area contributed by atoms with E-state index in [1.54, 1.807) is 20.8 Å². The van der Waals surface area contributed by atoms with Crippen LogP contribution in [0.5, 0.6) is 0 Å². The molecule has 0 unspecified atom stereocenters. The molecule has 0 aromatic heterocycles. The molecule has 10 heavy (non-hydrogen) atoms. The molecule has 0 rings (SSSR count). The summed E-state index contributed by atoms with van der Waals surface area (Å²) < 4.78 is 0. The van der Waals surface area contributed by atoms with Crippen LogP contribution in [0.3, 0.4) is 0 Å². The quantitative estimate of drug-likeness (QED) is 0.380. The van der Waals surface area contributed by atoms with E-state index in [-0.39, 0.29) is 51.4 Å². The van der Waals surface area contributed by atoms with Crippen molar-refractivity contribution in [3.05, 3.63) is 5.92 Å². The Kier molecular flexibility index (Phi) is 15.3. The monoisotopic (exact) mass is 170 g/mol. The summed E-state index contributed by atoms with van der Waals surface area (Å²) >= 11 is 0. The molecule has 0 atom stereocenters. The van der Waals surface area contributed by atoms with Gasteiger partial charge in [0, 0.05) is 0 Å². The first-order valence-electron chi connectivity index (χ1n) is 3.22. The molecule has 0 aliphatic heterocycles. The Morgan fingerprint density at radius 1 is 1.00 bits per heavy atom. The summed E-state index contributed by atoms with van der Waals surface area (Å²) in [6.07, 6.45) is 0. The Labute approximate surface area is 108 Å². The molecule has 58 valence electrons. The van der Waals surface area contributed by atoms with Crippen LogP contribution < -0.4 is 51.4 Å². The summed E-state index contributed by atoms with van der Waals surface area (Å²) in [5.74, 6) is 1.42. The van der Waals surface area contributed by atoms with Gasteiger partial charge in [0.15, 0.2) is 0 Å². The summed E-state index contributed by atoms with van der Waals surface area (Å²) in [6.45, 7) is 11.5. The van der Waals surface area contributed by atoms with Gasteiger partial charge in [0.2, 0.25) is 0 Å². The van der Waals surface area contributed by atoms with E-state index in [0.717, 1.165) is 0 Å². The van der Waals surface area contributed by atoms with Crippen LogP contribution in [0.15, 0.2) is 0 Å². The fourth-order valence-corrected chi connectivity index (χ4v) is 0. The Bertz CT molecular complexity index is 46.0. The van der Waals surface area contributed by atoms with Crippen LogP contribution in [0.2, 0.25) is 0 Å². The van der Waals surface area contributed by atoms with Crippen molar-refractivity contribution in [2.24, 2.45) is 0 Å². The van der Waals surface area contributed by atoms with E-state index in [1.807, 2.05) is 0 Å². The maximum absolute atomic E-state index is 8.52. The minimum absolute atomic E-state index is 0. The minimum atomic E-state index is -0.500. The molecule has 0 aromatic carbocycles. The Balaban J connectivity index is -0.0000000910. The zero-order valence-electron chi connectivity index (χ0n) is 8.45. The van der Waals surface area contributed by atoms with Crippen molar-refractivity contribution in [3.8, 4) is 0 Å². The molecule has 0 saturated carbocycles. The zero-order valence-corrected chi connectivity index (χ0v) is 11.6. The van der Waals surface area contributed by atoms with Crippen molar-refractivity contribution < 1.29 is 56.5 Å². The average molecular weight is 170 g/mol. The summed E-state index contributed by atoms with van der Waals surface area (Å²) in [5, 5.41) is 8.52. The van der Waals surface area contributed by atoms with Crippen LogP contribution in [-0.2, 0) is 0 Å². The van der Waals surface area contributed by atoms with E-state index < -0.39 is 5.60 Å². The fourth-order valence-electron chi connectivity index (χ4n) is 0. The first-order valence-corrected chi connectivity index (χ1v) is 3.22. The van der Waals surface area contributed by atoms with Gasteiger partial charge in [-0.05, 0) is 20.8 Å². The number of hydrogen-bond donors (Lipinski definition) is 1. The SMILES string of the molecule is CC(C)(C)O.C[C-](C)C.[K+]. The van der Waals surface area contributed by atoms with E-state index in [4.69, 9.17) is 5.11 Å². The van der Waals surface area contributed by atoms with Gasteiger partial charge in [0.05, 0.1) is 5.60 Å². The molecule has 0 fully saturated rings. The second kappa shape index (κ2) is 8.69. The molecule has 0 spiro atoms. The van der Waals surface area contributed by atoms with E-state index in [0.29, 0.717) is 0 Å². The van der Waals surface area contributed by atoms with Gasteiger partial charge in [-0.3, -0.25) is 0 Å². The molecular weight excluding hydrogens is 151 g/mol. The maximum Gasteiger partial charge on any atom is 1.00 e. The number of aliphatic hydroxyl groups is 1. The van der Waals surface area contributed by atoms with Gasteiger partial charge in [-0.15, -0.1) is 0 Å². The number of hydrogen-bond acceptors (Lipinski definition) is 1. The topological polar surface area (TPSA) is 20.2 Å². The summed E-state index contributed by atoms with van der Waals surface area (Å²) in [4.78, 5) is 0. The summed E-state index contributed by atoms with van der Waals surface area (Å²) in [6, 6.07) is 0. The van der Waals surface area contributed by atoms with Gasteiger partial charge < -0.3 is 11.0 Å². The second-order valence-corrected chi connectivity index (χ2v) is 3.67.